The molecule has 0 saturated heterocycles. The lowest BCUT2D eigenvalue weighted by Crippen LogP contribution is -2.30. The van der Waals surface area contributed by atoms with Crippen molar-refractivity contribution < 1.29 is 13.2 Å². The number of hydrogen-bond donors (Lipinski definition) is 1. The molecule has 142 valence electrons. The van der Waals surface area contributed by atoms with E-state index in [-0.39, 0.29) is 10.8 Å². The molecule has 3 aromatic rings. The smallest absolute Gasteiger partial charge is 0.264 e. The van der Waals surface area contributed by atoms with Crippen molar-refractivity contribution in [2.75, 3.05) is 16.7 Å². The maximum atomic E-state index is 12.8. The van der Waals surface area contributed by atoms with Gasteiger partial charge in [-0.05, 0) is 61.4 Å². The Morgan fingerprint density at radius 1 is 0.893 bits per heavy atom. The van der Waals surface area contributed by atoms with Gasteiger partial charge in [0.1, 0.15) is 0 Å². The summed E-state index contributed by atoms with van der Waals surface area (Å²) >= 11 is 0. The molecule has 0 aliphatic carbocycles. The van der Waals surface area contributed by atoms with Crippen LogP contribution in [0.5, 0.6) is 0 Å². The molecular weight excluding hydrogens is 372 g/mol. The number of fused-ring (bicyclic) bond motifs is 3. The van der Waals surface area contributed by atoms with Crippen LogP contribution in [-0.2, 0) is 10.0 Å². The quantitative estimate of drug-likeness (QED) is 0.705. The number of anilines is 2. The minimum absolute atomic E-state index is 0.236. The SMILES string of the molecule is Cc1ccc(NC(=O)c2ccc3c(c2)-c2ccccc2S(=O)(=O)N3C)cc1C. The van der Waals surface area contributed by atoms with E-state index in [1.54, 1.807) is 42.5 Å². The average molecular weight is 392 g/mol. The molecule has 4 rings (SSSR count). The molecule has 0 atom stereocenters. The minimum Gasteiger partial charge on any atom is -0.322 e. The minimum atomic E-state index is -3.59. The molecule has 1 amide bonds. The fraction of sp³-hybridized carbons (Fsp3) is 0.136. The van der Waals surface area contributed by atoms with Crippen molar-refractivity contribution in [2.45, 2.75) is 18.7 Å². The first-order valence-corrected chi connectivity index (χ1v) is 10.3. The van der Waals surface area contributed by atoms with Crippen LogP contribution in [0.3, 0.4) is 0 Å². The molecule has 0 aromatic heterocycles. The molecule has 5 nitrogen and oxygen atoms in total. The van der Waals surface area contributed by atoms with Crippen molar-refractivity contribution in [1.29, 1.82) is 0 Å². The van der Waals surface area contributed by atoms with Crippen LogP contribution < -0.4 is 9.62 Å². The highest BCUT2D eigenvalue weighted by Crippen LogP contribution is 2.42. The topological polar surface area (TPSA) is 66.5 Å². The number of carbonyl (C=O) groups excluding carboxylic acids is 1. The molecule has 3 aromatic carbocycles. The van der Waals surface area contributed by atoms with E-state index in [2.05, 4.69) is 5.32 Å². The van der Waals surface area contributed by atoms with Gasteiger partial charge >= 0.3 is 0 Å². The zero-order valence-electron chi connectivity index (χ0n) is 15.9. The van der Waals surface area contributed by atoms with Gasteiger partial charge in [-0.3, -0.25) is 9.10 Å². The van der Waals surface area contributed by atoms with Crippen molar-refractivity contribution in [1.82, 2.24) is 0 Å². The third-order valence-corrected chi connectivity index (χ3v) is 7.01. The summed E-state index contributed by atoms with van der Waals surface area (Å²) in [6.45, 7) is 4.02. The van der Waals surface area contributed by atoms with E-state index in [0.717, 1.165) is 22.4 Å². The number of aryl methyl sites for hydroxylation is 2. The van der Waals surface area contributed by atoms with Gasteiger partial charge in [0.25, 0.3) is 15.9 Å². The molecule has 0 fully saturated rings. The monoisotopic (exact) mass is 392 g/mol. The number of benzene rings is 3. The van der Waals surface area contributed by atoms with Gasteiger partial charge < -0.3 is 5.32 Å². The standard InChI is InChI=1S/C22H20N2O3S/c1-14-8-10-17(12-15(14)2)23-22(25)16-9-11-20-19(13-16)18-6-4-5-7-21(18)28(26,27)24(20)3/h4-13H,1-3H3,(H,23,25). The van der Waals surface area contributed by atoms with E-state index in [0.29, 0.717) is 16.8 Å². The maximum Gasteiger partial charge on any atom is 0.264 e. The van der Waals surface area contributed by atoms with Crippen molar-refractivity contribution in [3.63, 3.8) is 0 Å². The van der Waals surface area contributed by atoms with Crippen molar-refractivity contribution >= 4 is 27.3 Å². The third kappa shape index (κ3) is 2.86. The summed E-state index contributed by atoms with van der Waals surface area (Å²) in [4.78, 5) is 13.0. The van der Waals surface area contributed by atoms with E-state index in [9.17, 15) is 13.2 Å². The second kappa shape index (κ2) is 6.49. The summed E-state index contributed by atoms with van der Waals surface area (Å²) in [5.41, 5.74) is 5.35. The normalized spacial score (nSPS) is 14.2. The van der Waals surface area contributed by atoms with Gasteiger partial charge in [-0.15, -0.1) is 0 Å². The van der Waals surface area contributed by atoms with Crippen LogP contribution in [0.25, 0.3) is 11.1 Å². The Bertz CT molecular complexity index is 1220. The van der Waals surface area contributed by atoms with Crippen molar-refractivity contribution in [3.05, 3.63) is 77.4 Å². The van der Waals surface area contributed by atoms with E-state index < -0.39 is 10.0 Å². The van der Waals surface area contributed by atoms with Crippen LogP contribution in [0.15, 0.2) is 65.6 Å². The summed E-state index contributed by atoms with van der Waals surface area (Å²) in [6.07, 6.45) is 0. The van der Waals surface area contributed by atoms with Gasteiger partial charge in [-0.25, -0.2) is 8.42 Å². The number of carbonyl (C=O) groups is 1. The molecule has 0 radical (unpaired) electrons. The van der Waals surface area contributed by atoms with Gasteiger partial charge in [0.05, 0.1) is 10.6 Å². The molecule has 0 bridgehead atoms. The largest absolute Gasteiger partial charge is 0.322 e. The summed E-state index contributed by atoms with van der Waals surface area (Å²) in [7, 11) is -2.07. The van der Waals surface area contributed by atoms with Crippen LogP contribution >= 0.6 is 0 Å². The van der Waals surface area contributed by atoms with Crippen LogP contribution in [0.4, 0.5) is 11.4 Å². The lowest BCUT2D eigenvalue weighted by molar-refractivity contribution is 0.102. The molecule has 0 unspecified atom stereocenters. The van der Waals surface area contributed by atoms with Gasteiger partial charge in [-0.1, -0.05) is 24.3 Å². The first-order chi connectivity index (χ1) is 13.3. The van der Waals surface area contributed by atoms with Crippen LogP contribution in [-0.4, -0.2) is 21.4 Å². The average Bonchev–Trinajstić information content (AvgIpc) is 2.69. The second-order valence-corrected chi connectivity index (χ2v) is 8.89. The molecule has 6 heteroatoms. The van der Waals surface area contributed by atoms with E-state index in [1.807, 2.05) is 32.0 Å². The zero-order chi connectivity index (χ0) is 20.1. The van der Waals surface area contributed by atoms with Crippen LogP contribution in [0.1, 0.15) is 21.5 Å². The van der Waals surface area contributed by atoms with Crippen molar-refractivity contribution in [3.8, 4) is 11.1 Å². The summed E-state index contributed by atoms with van der Waals surface area (Å²) in [5.74, 6) is -0.236. The van der Waals surface area contributed by atoms with Crippen LogP contribution in [0.2, 0.25) is 0 Å². The highest BCUT2D eigenvalue weighted by Gasteiger charge is 2.32. The highest BCUT2D eigenvalue weighted by atomic mass is 32.2. The Hall–Kier alpha value is -3.12. The third-order valence-electron chi connectivity index (χ3n) is 5.18. The Labute approximate surface area is 164 Å². The van der Waals surface area contributed by atoms with E-state index in [4.69, 9.17) is 0 Å². The number of sulfonamides is 1. The molecule has 0 spiro atoms. The van der Waals surface area contributed by atoms with Gasteiger partial charge in [-0.2, -0.15) is 0 Å². The van der Waals surface area contributed by atoms with Gasteiger partial charge in [0, 0.05) is 29.4 Å². The molecule has 1 aliphatic heterocycles. The second-order valence-electron chi connectivity index (χ2n) is 6.95. The van der Waals surface area contributed by atoms with E-state index >= 15 is 0 Å². The number of nitrogens with one attached hydrogen (secondary N) is 1. The lowest BCUT2D eigenvalue weighted by Gasteiger charge is -2.29. The lowest BCUT2D eigenvalue weighted by atomic mass is 10.00. The fourth-order valence-corrected chi connectivity index (χ4v) is 4.80. The number of amides is 1. The molecule has 28 heavy (non-hydrogen) atoms. The molecule has 0 saturated carbocycles. The van der Waals surface area contributed by atoms with Crippen LogP contribution in [0, 0.1) is 13.8 Å². The van der Waals surface area contributed by atoms with Gasteiger partial charge in [0.15, 0.2) is 0 Å². The Morgan fingerprint density at radius 3 is 2.39 bits per heavy atom. The first kappa shape index (κ1) is 18.3. The maximum absolute atomic E-state index is 12.8. The molecule has 1 heterocycles. The number of hydrogen-bond acceptors (Lipinski definition) is 3. The summed E-state index contributed by atoms with van der Waals surface area (Å²) in [5, 5.41) is 2.91. The Morgan fingerprint density at radius 2 is 1.64 bits per heavy atom. The summed E-state index contributed by atoms with van der Waals surface area (Å²) < 4.78 is 26.7. The fourth-order valence-electron chi connectivity index (χ4n) is 3.38. The number of rotatable bonds is 2. The predicted molar refractivity (Wildman–Crippen MR) is 111 cm³/mol. The highest BCUT2D eigenvalue weighted by molar-refractivity contribution is 7.93. The zero-order valence-corrected chi connectivity index (χ0v) is 16.7. The first-order valence-electron chi connectivity index (χ1n) is 8.90. The Balaban J connectivity index is 1.75. The Kier molecular flexibility index (Phi) is 4.23. The number of nitrogens with zero attached hydrogens (tertiary/aromatic N) is 1. The van der Waals surface area contributed by atoms with Crippen molar-refractivity contribution in [2.24, 2.45) is 0 Å². The predicted octanol–water partition coefficient (Wildman–Crippen LogP) is 4.36. The summed E-state index contributed by atoms with van der Waals surface area (Å²) in [6, 6.07) is 17.7. The van der Waals surface area contributed by atoms with E-state index in [1.165, 1.54) is 11.4 Å². The molecule has 1 N–H and O–H groups in total. The molecule has 1 aliphatic rings. The van der Waals surface area contributed by atoms with Gasteiger partial charge in [0.2, 0.25) is 0 Å². The molecular formula is C22H20N2O3S.